The summed E-state index contributed by atoms with van der Waals surface area (Å²) in [4.78, 5) is 25.5. The third-order valence-corrected chi connectivity index (χ3v) is 6.00. The maximum absolute atomic E-state index is 12.5. The van der Waals surface area contributed by atoms with Crippen molar-refractivity contribution in [1.29, 1.82) is 0 Å². The standard InChI is InChI=1S/C19H23ClN2O4/c1-12-2-3-13(4-16(12)20)9-25-10-14-7-22(8-14)17(23)15-5-19(6-15)11-26-18(24)21-19/h2-4,14-15H,5-11H2,1H3,(H,21,24)/t15-,19-. The summed E-state index contributed by atoms with van der Waals surface area (Å²) in [6, 6.07) is 5.95. The maximum atomic E-state index is 12.5. The van der Waals surface area contributed by atoms with Gasteiger partial charge in [0.05, 0.1) is 18.8 Å². The number of carbonyl (C=O) groups is 2. The predicted molar refractivity (Wildman–Crippen MR) is 95.9 cm³/mol. The average molecular weight is 379 g/mol. The molecule has 4 rings (SSSR count). The van der Waals surface area contributed by atoms with E-state index < -0.39 is 0 Å². The molecule has 1 N–H and O–H groups in total. The summed E-state index contributed by atoms with van der Waals surface area (Å²) in [6.45, 7) is 5.04. The number of carbonyl (C=O) groups excluding carboxylic acids is 2. The smallest absolute Gasteiger partial charge is 0.407 e. The van der Waals surface area contributed by atoms with Crippen molar-refractivity contribution in [2.75, 3.05) is 26.3 Å². The van der Waals surface area contributed by atoms with Gasteiger partial charge in [-0.2, -0.15) is 0 Å². The van der Waals surface area contributed by atoms with Crippen LogP contribution in [0.2, 0.25) is 5.02 Å². The van der Waals surface area contributed by atoms with Crippen molar-refractivity contribution in [2.24, 2.45) is 11.8 Å². The summed E-state index contributed by atoms with van der Waals surface area (Å²) >= 11 is 6.12. The van der Waals surface area contributed by atoms with E-state index in [0.717, 1.165) is 29.2 Å². The third-order valence-electron chi connectivity index (χ3n) is 5.60. The lowest BCUT2D eigenvalue weighted by molar-refractivity contribution is -0.149. The van der Waals surface area contributed by atoms with Gasteiger partial charge in [-0.05, 0) is 37.0 Å². The number of hydrogen-bond donors (Lipinski definition) is 1. The fraction of sp³-hybridized carbons (Fsp3) is 0.579. The molecule has 0 bridgehead atoms. The van der Waals surface area contributed by atoms with Gasteiger partial charge in [-0.15, -0.1) is 0 Å². The number of nitrogens with zero attached hydrogens (tertiary/aromatic N) is 1. The normalized spacial score (nSPS) is 27.7. The van der Waals surface area contributed by atoms with Gasteiger partial charge in [0.1, 0.15) is 6.61 Å². The van der Waals surface area contributed by atoms with Crippen molar-refractivity contribution in [3.63, 3.8) is 0 Å². The molecule has 2 heterocycles. The highest BCUT2D eigenvalue weighted by molar-refractivity contribution is 6.31. The maximum Gasteiger partial charge on any atom is 0.407 e. The molecule has 6 nitrogen and oxygen atoms in total. The summed E-state index contributed by atoms with van der Waals surface area (Å²) in [5.41, 5.74) is 1.83. The Hall–Kier alpha value is -1.79. The molecular formula is C19H23ClN2O4. The SMILES string of the molecule is Cc1ccc(COCC2CN(C(=O)[C@H]3C[C@@]4(COC(=O)N4)C3)C2)cc1Cl. The van der Waals surface area contributed by atoms with E-state index in [4.69, 9.17) is 21.1 Å². The van der Waals surface area contributed by atoms with E-state index in [2.05, 4.69) is 5.32 Å². The largest absolute Gasteiger partial charge is 0.447 e. The zero-order valence-corrected chi connectivity index (χ0v) is 15.6. The molecule has 1 saturated carbocycles. The number of ether oxygens (including phenoxy) is 2. The highest BCUT2D eigenvalue weighted by atomic mass is 35.5. The first-order valence-corrected chi connectivity index (χ1v) is 9.38. The lowest BCUT2D eigenvalue weighted by Crippen LogP contribution is -2.61. The molecule has 2 amide bonds. The van der Waals surface area contributed by atoms with Crippen LogP contribution in [0.15, 0.2) is 18.2 Å². The lowest BCUT2D eigenvalue weighted by Gasteiger charge is -2.47. The number of amides is 2. The number of alkyl carbamates (subject to hydrolysis) is 1. The minimum atomic E-state index is -0.369. The van der Waals surface area contributed by atoms with Crippen LogP contribution < -0.4 is 5.32 Å². The summed E-state index contributed by atoms with van der Waals surface area (Å²) in [7, 11) is 0. The van der Waals surface area contributed by atoms with E-state index in [1.807, 2.05) is 30.0 Å². The Morgan fingerprint density at radius 3 is 2.85 bits per heavy atom. The van der Waals surface area contributed by atoms with Gasteiger partial charge >= 0.3 is 6.09 Å². The Balaban J connectivity index is 1.15. The second kappa shape index (κ2) is 6.74. The number of benzene rings is 1. The molecule has 140 valence electrons. The monoisotopic (exact) mass is 378 g/mol. The zero-order chi connectivity index (χ0) is 18.3. The molecule has 1 aromatic rings. The van der Waals surface area contributed by atoms with Crippen molar-refractivity contribution >= 4 is 23.6 Å². The predicted octanol–water partition coefficient (Wildman–Crippen LogP) is 2.51. The van der Waals surface area contributed by atoms with E-state index in [-0.39, 0.29) is 23.5 Å². The molecule has 0 radical (unpaired) electrons. The van der Waals surface area contributed by atoms with Crippen molar-refractivity contribution in [3.05, 3.63) is 34.3 Å². The summed E-state index contributed by atoms with van der Waals surface area (Å²) < 4.78 is 10.7. The highest BCUT2D eigenvalue weighted by Gasteiger charge is 2.54. The van der Waals surface area contributed by atoms with E-state index in [1.54, 1.807) is 0 Å². The zero-order valence-electron chi connectivity index (χ0n) is 14.8. The van der Waals surface area contributed by atoms with Crippen LogP contribution in [0.25, 0.3) is 0 Å². The molecule has 3 aliphatic rings. The number of halogens is 1. The number of likely N-dealkylation sites (tertiary alicyclic amines) is 1. The van der Waals surface area contributed by atoms with Gasteiger partial charge in [-0.3, -0.25) is 4.79 Å². The molecule has 1 spiro atoms. The van der Waals surface area contributed by atoms with Crippen LogP contribution in [-0.4, -0.2) is 48.7 Å². The fourth-order valence-corrected chi connectivity index (χ4v) is 4.16. The van der Waals surface area contributed by atoms with Crippen LogP contribution in [0.4, 0.5) is 4.79 Å². The Morgan fingerprint density at radius 2 is 2.19 bits per heavy atom. The number of nitrogens with one attached hydrogen (secondary N) is 1. The molecule has 0 unspecified atom stereocenters. The molecule has 26 heavy (non-hydrogen) atoms. The van der Waals surface area contributed by atoms with Gasteiger partial charge in [0, 0.05) is 29.9 Å². The molecule has 7 heteroatoms. The van der Waals surface area contributed by atoms with Gasteiger partial charge in [0.15, 0.2) is 0 Å². The van der Waals surface area contributed by atoms with Crippen molar-refractivity contribution in [2.45, 2.75) is 31.9 Å². The second-order valence-electron chi connectivity index (χ2n) is 7.79. The van der Waals surface area contributed by atoms with Gasteiger partial charge in [0.25, 0.3) is 0 Å². The number of hydrogen-bond acceptors (Lipinski definition) is 4. The third kappa shape index (κ3) is 3.40. The van der Waals surface area contributed by atoms with Gasteiger partial charge in [-0.25, -0.2) is 4.79 Å². The van der Waals surface area contributed by atoms with Crippen LogP contribution in [0, 0.1) is 18.8 Å². The quantitative estimate of drug-likeness (QED) is 0.854. The van der Waals surface area contributed by atoms with Crippen molar-refractivity contribution < 1.29 is 19.1 Å². The molecule has 0 aromatic heterocycles. The van der Waals surface area contributed by atoms with E-state index in [0.29, 0.717) is 38.6 Å². The van der Waals surface area contributed by atoms with Crippen LogP contribution in [0.5, 0.6) is 0 Å². The number of cyclic esters (lactones) is 1. The van der Waals surface area contributed by atoms with Gasteiger partial charge in [0.2, 0.25) is 5.91 Å². The van der Waals surface area contributed by atoms with Crippen molar-refractivity contribution in [1.82, 2.24) is 10.2 Å². The van der Waals surface area contributed by atoms with Crippen LogP contribution in [0.1, 0.15) is 24.0 Å². The Labute approximate surface area is 157 Å². The average Bonchev–Trinajstić information content (AvgIpc) is 2.93. The van der Waals surface area contributed by atoms with Gasteiger partial charge in [-0.1, -0.05) is 23.7 Å². The van der Waals surface area contributed by atoms with Crippen LogP contribution >= 0.6 is 11.6 Å². The molecular weight excluding hydrogens is 356 g/mol. The molecule has 3 fully saturated rings. The van der Waals surface area contributed by atoms with Crippen LogP contribution in [-0.2, 0) is 20.9 Å². The molecule has 2 saturated heterocycles. The molecule has 1 aromatic carbocycles. The van der Waals surface area contributed by atoms with Crippen molar-refractivity contribution in [3.8, 4) is 0 Å². The molecule has 0 atom stereocenters. The minimum Gasteiger partial charge on any atom is -0.447 e. The van der Waals surface area contributed by atoms with E-state index >= 15 is 0 Å². The first-order valence-electron chi connectivity index (χ1n) is 9.01. The Morgan fingerprint density at radius 1 is 1.42 bits per heavy atom. The Kier molecular flexibility index (Phi) is 4.57. The topological polar surface area (TPSA) is 67.9 Å². The number of aryl methyl sites for hydroxylation is 1. The highest BCUT2D eigenvalue weighted by Crippen LogP contribution is 2.42. The lowest BCUT2D eigenvalue weighted by atomic mass is 9.68. The first-order chi connectivity index (χ1) is 12.4. The minimum absolute atomic E-state index is 0.00793. The second-order valence-corrected chi connectivity index (χ2v) is 8.20. The molecule has 2 aliphatic heterocycles. The summed E-state index contributed by atoms with van der Waals surface area (Å²) in [5.74, 6) is 0.593. The summed E-state index contributed by atoms with van der Waals surface area (Å²) in [5, 5.41) is 3.58. The summed E-state index contributed by atoms with van der Waals surface area (Å²) in [6.07, 6.45) is 0.999. The number of rotatable bonds is 5. The Bertz CT molecular complexity index is 726. The first kappa shape index (κ1) is 17.6. The van der Waals surface area contributed by atoms with Gasteiger partial charge < -0.3 is 19.7 Å². The van der Waals surface area contributed by atoms with E-state index in [1.165, 1.54) is 0 Å². The van der Waals surface area contributed by atoms with E-state index in [9.17, 15) is 9.59 Å². The van der Waals surface area contributed by atoms with Crippen LogP contribution in [0.3, 0.4) is 0 Å². The molecule has 1 aliphatic carbocycles. The fourth-order valence-electron chi connectivity index (χ4n) is 3.95.